The van der Waals surface area contributed by atoms with Gasteiger partial charge in [0.15, 0.2) is 5.76 Å². The van der Waals surface area contributed by atoms with Crippen molar-refractivity contribution in [3.63, 3.8) is 0 Å². The number of esters is 1. The van der Waals surface area contributed by atoms with Gasteiger partial charge < -0.3 is 14.6 Å². The maximum Gasteiger partial charge on any atom is 0.383 e. The zero-order chi connectivity index (χ0) is 7.72. The highest BCUT2D eigenvalue weighted by Gasteiger charge is 2.29. The molecule has 0 atom stereocenters. The summed E-state index contributed by atoms with van der Waals surface area (Å²) in [4.78, 5) is 10.5. The number of cyclic esters (lactones) is 1. The molecule has 0 saturated heterocycles. The van der Waals surface area contributed by atoms with Crippen LogP contribution >= 0.6 is 0 Å². The summed E-state index contributed by atoms with van der Waals surface area (Å²) >= 11 is 0. The second kappa shape index (κ2) is 2.06. The van der Waals surface area contributed by atoms with Crippen molar-refractivity contribution in [2.24, 2.45) is 0 Å². The molecule has 0 aromatic heterocycles. The molecule has 0 unspecified atom stereocenters. The quantitative estimate of drug-likeness (QED) is 0.541. The van der Waals surface area contributed by atoms with Crippen molar-refractivity contribution in [1.82, 2.24) is 0 Å². The molecule has 0 amide bonds. The predicted molar refractivity (Wildman–Crippen MR) is 31.9 cm³/mol. The van der Waals surface area contributed by atoms with Gasteiger partial charge in [-0.1, -0.05) is 6.58 Å². The summed E-state index contributed by atoms with van der Waals surface area (Å²) in [7, 11) is 1.32. The van der Waals surface area contributed by atoms with E-state index in [0.717, 1.165) is 0 Å². The monoisotopic (exact) mass is 142 g/mol. The lowest BCUT2D eigenvalue weighted by Gasteiger charge is -1.96. The van der Waals surface area contributed by atoms with E-state index in [9.17, 15) is 4.79 Å². The zero-order valence-electron chi connectivity index (χ0n) is 5.38. The fraction of sp³-hybridized carbons (Fsp3) is 0.167. The van der Waals surface area contributed by atoms with Gasteiger partial charge in [-0.2, -0.15) is 0 Å². The number of rotatable bonds is 1. The van der Waals surface area contributed by atoms with Crippen molar-refractivity contribution in [2.45, 2.75) is 0 Å². The Labute approximate surface area is 57.4 Å². The van der Waals surface area contributed by atoms with Crippen LogP contribution in [0.1, 0.15) is 0 Å². The second-order valence-electron chi connectivity index (χ2n) is 1.69. The van der Waals surface area contributed by atoms with Gasteiger partial charge >= 0.3 is 5.97 Å². The summed E-state index contributed by atoms with van der Waals surface area (Å²) in [6, 6.07) is 0. The maximum atomic E-state index is 10.5. The lowest BCUT2D eigenvalue weighted by Crippen LogP contribution is -1.96. The number of hydrogen-bond donors (Lipinski definition) is 1. The van der Waals surface area contributed by atoms with E-state index in [1.807, 2.05) is 0 Å². The van der Waals surface area contributed by atoms with Gasteiger partial charge in [0.05, 0.1) is 7.11 Å². The van der Waals surface area contributed by atoms with E-state index in [1.54, 1.807) is 0 Å². The number of aliphatic hydroxyl groups excluding tert-OH is 1. The molecule has 4 heteroatoms. The molecule has 1 rings (SSSR count). The molecular weight excluding hydrogens is 136 g/mol. The summed E-state index contributed by atoms with van der Waals surface area (Å²) in [5.74, 6) is -1.29. The predicted octanol–water partition coefficient (Wildman–Crippen LogP) is 0.473. The first-order chi connectivity index (χ1) is 4.66. The minimum absolute atomic E-state index is 0.00463. The molecule has 0 radical (unpaired) electrons. The molecule has 1 heterocycles. The fourth-order valence-corrected chi connectivity index (χ4v) is 0.642. The Morgan fingerprint density at radius 3 is 2.50 bits per heavy atom. The number of carbonyl (C=O) groups excluding carboxylic acids is 1. The third-order valence-corrected chi connectivity index (χ3v) is 1.08. The Morgan fingerprint density at radius 2 is 2.30 bits per heavy atom. The zero-order valence-corrected chi connectivity index (χ0v) is 5.38. The number of carbonyl (C=O) groups is 1. The van der Waals surface area contributed by atoms with Crippen LogP contribution in [-0.4, -0.2) is 18.2 Å². The van der Waals surface area contributed by atoms with Crippen molar-refractivity contribution in [1.29, 1.82) is 0 Å². The summed E-state index contributed by atoms with van der Waals surface area (Å²) in [6.07, 6.45) is 0. The molecule has 1 aliphatic rings. The average Bonchev–Trinajstić information content (AvgIpc) is 2.09. The molecule has 0 spiro atoms. The van der Waals surface area contributed by atoms with Crippen molar-refractivity contribution >= 4 is 5.97 Å². The Bertz CT molecular complexity index is 226. The smallest absolute Gasteiger partial charge is 0.383 e. The van der Waals surface area contributed by atoms with E-state index in [1.165, 1.54) is 7.11 Å². The van der Waals surface area contributed by atoms with Crippen molar-refractivity contribution in [3.05, 3.63) is 23.9 Å². The van der Waals surface area contributed by atoms with Crippen LogP contribution in [0.15, 0.2) is 23.9 Å². The van der Waals surface area contributed by atoms with Gasteiger partial charge in [-0.3, -0.25) is 0 Å². The summed E-state index contributed by atoms with van der Waals surface area (Å²) in [5, 5.41) is 8.85. The average molecular weight is 142 g/mol. The van der Waals surface area contributed by atoms with Crippen LogP contribution in [0, 0.1) is 0 Å². The van der Waals surface area contributed by atoms with Gasteiger partial charge in [-0.25, -0.2) is 4.79 Å². The molecule has 1 N–H and O–H groups in total. The van der Waals surface area contributed by atoms with Crippen LogP contribution in [0.3, 0.4) is 0 Å². The molecule has 0 bridgehead atoms. The largest absolute Gasteiger partial charge is 0.499 e. The normalized spacial score (nSPS) is 17.7. The Morgan fingerprint density at radius 1 is 1.70 bits per heavy atom. The van der Waals surface area contributed by atoms with Crippen LogP contribution in [0.4, 0.5) is 0 Å². The van der Waals surface area contributed by atoms with Gasteiger partial charge in [-0.15, -0.1) is 0 Å². The molecule has 10 heavy (non-hydrogen) atoms. The van der Waals surface area contributed by atoms with E-state index in [-0.39, 0.29) is 11.5 Å². The molecule has 0 aromatic carbocycles. The molecule has 0 aromatic rings. The van der Waals surface area contributed by atoms with E-state index >= 15 is 0 Å². The van der Waals surface area contributed by atoms with E-state index in [2.05, 4.69) is 16.1 Å². The molecule has 0 fully saturated rings. The Kier molecular flexibility index (Phi) is 1.37. The number of methoxy groups -OCH3 is 1. The van der Waals surface area contributed by atoms with Crippen LogP contribution < -0.4 is 0 Å². The van der Waals surface area contributed by atoms with Crippen molar-refractivity contribution in [3.8, 4) is 0 Å². The van der Waals surface area contributed by atoms with Gasteiger partial charge in [0, 0.05) is 0 Å². The van der Waals surface area contributed by atoms with Gasteiger partial charge in [0.1, 0.15) is 0 Å². The first kappa shape index (κ1) is 6.67. The van der Waals surface area contributed by atoms with Gasteiger partial charge in [0.25, 0.3) is 0 Å². The highest BCUT2D eigenvalue weighted by Crippen LogP contribution is 2.22. The van der Waals surface area contributed by atoms with E-state index in [0.29, 0.717) is 0 Å². The lowest BCUT2D eigenvalue weighted by atomic mass is 10.4. The molecule has 54 valence electrons. The van der Waals surface area contributed by atoms with Crippen LogP contribution in [0.25, 0.3) is 0 Å². The maximum absolute atomic E-state index is 10.5. The van der Waals surface area contributed by atoms with E-state index in [4.69, 9.17) is 5.11 Å². The first-order valence-corrected chi connectivity index (χ1v) is 2.55. The molecule has 0 aliphatic carbocycles. The van der Waals surface area contributed by atoms with Gasteiger partial charge in [-0.05, 0) is 0 Å². The number of ether oxygens (including phenoxy) is 2. The molecule has 1 aliphatic heterocycles. The SMILES string of the molecule is C=C1OC(=O)C(O)=C1OC. The highest BCUT2D eigenvalue weighted by molar-refractivity contribution is 5.91. The second-order valence-corrected chi connectivity index (χ2v) is 1.69. The fourth-order valence-electron chi connectivity index (χ4n) is 0.642. The number of hydrogen-bond acceptors (Lipinski definition) is 4. The van der Waals surface area contributed by atoms with E-state index < -0.39 is 11.7 Å². The highest BCUT2D eigenvalue weighted by atomic mass is 16.6. The third-order valence-electron chi connectivity index (χ3n) is 1.08. The van der Waals surface area contributed by atoms with Crippen LogP contribution in [0.5, 0.6) is 0 Å². The topological polar surface area (TPSA) is 55.8 Å². The Balaban J connectivity index is 3.01. The summed E-state index contributed by atoms with van der Waals surface area (Å²) in [6.45, 7) is 3.32. The summed E-state index contributed by atoms with van der Waals surface area (Å²) in [5.41, 5.74) is 0. The van der Waals surface area contributed by atoms with Crippen molar-refractivity contribution < 1.29 is 19.4 Å². The lowest BCUT2D eigenvalue weighted by molar-refractivity contribution is -0.135. The number of aliphatic hydroxyl groups is 1. The Hall–Kier alpha value is -1.45. The van der Waals surface area contributed by atoms with Crippen LogP contribution in [0.2, 0.25) is 0 Å². The minimum atomic E-state index is -0.818. The first-order valence-electron chi connectivity index (χ1n) is 2.55. The minimum Gasteiger partial charge on any atom is -0.499 e. The standard InChI is InChI=1S/C6H6O4/c1-3-5(9-2)4(7)6(8)10-3/h7H,1H2,2H3. The third kappa shape index (κ3) is 0.737. The molecule has 4 nitrogen and oxygen atoms in total. The summed E-state index contributed by atoms with van der Waals surface area (Å²) < 4.78 is 8.98. The molecule has 0 saturated carbocycles. The van der Waals surface area contributed by atoms with Crippen LogP contribution in [-0.2, 0) is 14.3 Å². The van der Waals surface area contributed by atoms with Gasteiger partial charge in [0.2, 0.25) is 11.5 Å². The van der Waals surface area contributed by atoms with Crippen molar-refractivity contribution in [2.75, 3.05) is 7.11 Å². The molecular formula is C6H6O4.